The van der Waals surface area contributed by atoms with Crippen LogP contribution in [0.5, 0.6) is 0 Å². The van der Waals surface area contributed by atoms with Gasteiger partial charge in [-0.15, -0.1) is 0 Å². The van der Waals surface area contributed by atoms with Crippen molar-refractivity contribution in [2.45, 2.75) is 45.4 Å². The lowest BCUT2D eigenvalue weighted by Crippen LogP contribution is -2.16. The van der Waals surface area contributed by atoms with E-state index in [9.17, 15) is 0 Å². The minimum atomic E-state index is -0.101. The maximum Gasteiger partial charge on any atom is 0.143 e. The van der Waals surface area contributed by atoms with E-state index in [4.69, 9.17) is 4.42 Å². The van der Waals surface area contributed by atoms with Gasteiger partial charge in [-0.25, -0.2) is 0 Å². The standard InChI is InChI=1S/C59H47NO/c1-58(2,3)42-30-34-53(49(36-42)38-17-7-6-8-18-38)60(43-31-32-52-50(37-43)46-23-11-13-27-51(46)59(52,4)5)54-33-29-39-19-9-10-22-44(39)56(54)41-21-15-20-40(35-41)45-25-16-26-48-47-24-12-14-28-55(47)61-57(45)48/h6-37H,1-5H3. The monoisotopic (exact) mass is 785 g/mol. The summed E-state index contributed by atoms with van der Waals surface area (Å²) in [4.78, 5) is 2.53. The summed E-state index contributed by atoms with van der Waals surface area (Å²) in [7, 11) is 0. The van der Waals surface area contributed by atoms with E-state index in [2.05, 4.69) is 228 Å². The Balaban J connectivity index is 1.20. The second-order valence-corrected chi connectivity index (χ2v) is 18.1. The number of para-hydroxylation sites is 2. The number of hydrogen-bond acceptors (Lipinski definition) is 2. The minimum absolute atomic E-state index is 0.0347. The van der Waals surface area contributed by atoms with Crippen LogP contribution >= 0.6 is 0 Å². The fourth-order valence-corrected chi connectivity index (χ4v) is 9.87. The maximum absolute atomic E-state index is 6.59. The fourth-order valence-electron chi connectivity index (χ4n) is 9.87. The third-order valence-electron chi connectivity index (χ3n) is 13.0. The van der Waals surface area contributed by atoms with E-state index in [1.807, 2.05) is 6.07 Å². The highest BCUT2D eigenvalue weighted by molar-refractivity contribution is 6.11. The van der Waals surface area contributed by atoms with Crippen molar-refractivity contribution < 1.29 is 4.42 Å². The van der Waals surface area contributed by atoms with Crippen LogP contribution in [-0.2, 0) is 10.8 Å². The molecule has 0 saturated carbocycles. The average Bonchev–Trinajstić information content (AvgIpc) is 3.78. The van der Waals surface area contributed by atoms with Crippen LogP contribution < -0.4 is 4.90 Å². The number of hydrogen-bond donors (Lipinski definition) is 0. The lowest BCUT2D eigenvalue weighted by atomic mass is 9.82. The SMILES string of the molecule is CC(C)(C)c1ccc(N(c2ccc3c(c2)-c2ccccc2C3(C)C)c2ccc3ccccc3c2-c2cccc(-c3cccc4c3oc3ccccc34)c2)c(-c2ccccc2)c1. The van der Waals surface area contributed by atoms with E-state index in [1.54, 1.807) is 0 Å². The van der Waals surface area contributed by atoms with Gasteiger partial charge in [-0.3, -0.25) is 0 Å². The average molecular weight is 786 g/mol. The van der Waals surface area contributed by atoms with Gasteiger partial charge in [0, 0.05) is 38.6 Å². The largest absolute Gasteiger partial charge is 0.455 e. The zero-order valence-electron chi connectivity index (χ0n) is 35.3. The molecule has 2 heteroatoms. The van der Waals surface area contributed by atoms with Crippen LogP contribution in [-0.4, -0.2) is 0 Å². The lowest BCUT2D eigenvalue weighted by molar-refractivity contribution is 0.590. The normalized spacial score (nSPS) is 13.1. The molecular weight excluding hydrogens is 739 g/mol. The number of furan rings is 1. The van der Waals surface area contributed by atoms with Crippen molar-refractivity contribution in [3.63, 3.8) is 0 Å². The summed E-state index contributed by atoms with van der Waals surface area (Å²) in [6, 6.07) is 71.4. The molecule has 11 rings (SSSR count). The van der Waals surface area contributed by atoms with E-state index < -0.39 is 0 Å². The highest BCUT2D eigenvalue weighted by Gasteiger charge is 2.36. The van der Waals surface area contributed by atoms with Crippen molar-refractivity contribution in [3.8, 4) is 44.5 Å². The Morgan fingerprint density at radius 1 is 0.443 bits per heavy atom. The van der Waals surface area contributed by atoms with Gasteiger partial charge in [0.25, 0.3) is 0 Å². The summed E-state index contributed by atoms with van der Waals surface area (Å²) in [5.74, 6) is 0. The molecule has 1 aliphatic carbocycles. The van der Waals surface area contributed by atoms with Gasteiger partial charge in [-0.1, -0.05) is 186 Å². The fraction of sp³-hybridized carbons (Fsp3) is 0.119. The van der Waals surface area contributed by atoms with Crippen LogP contribution in [0, 0.1) is 0 Å². The molecule has 61 heavy (non-hydrogen) atoms. The Bertz CT molecular complexity index is 3320. The number of benzene rings is 9. The van der Waals surface area contributed by atoms with Crippen molar-refractivity contribution in [2.75, 3.05) is 4.90 Å². The lowest BCUT2D eigenvalue weighted by Gasteiger charge is -2.32. The molecule has 1 aromatic heterocycles. The number of rotatable bonds is 6. The van der Waals surface area contributed by atoms with Crippen LogP contribution in [0.1, 0.15) is 51.3 Å². The molecule has 1 heterocycles. The van der Waals surface area contributed by atoms with Gasteiger partial charge in [0.05, 0.1) is 11.4 Å². The first kappa shape index (κ1) is 36.9. The molecule has 0 atom stereocenters. The Morgan fingerprint density at radius 2 is 1.10 bits per heavy atom. The topological polar surface area (TPSA) is 16.4 Å². The minimum Gasteiger partial charge on any atom is -0.455 e. The van der Waals surface area contributed by atoms with Gasteiger partial charge in [0.2, 0.25) is 0 Å². The summed E-state index contributed by atoms with van der Waals surface area (Å²) in [6.45, 7) is 11.6. The molecule has 9 aromatic carbocycles. The van der Waals surface area contributed by atoms with E-state index in [0.717, 1.165) is 55.7 Å². The highest BCUT2D eigenvalue weighted by atomic mass is 16.3. The van der Waals surface area contributed by atoms with Gasteiger partial charge in [-0.05, 0) is 103 Å². The first-order valence-electron chi connectivity index (χ1n) is 21.4. The molecule has 0 fully saturated rings. The van der Waals surface area contributed by atoms with Gasteiger partial charge in [0.1, 0.15) is 11.2 Å². The summed E-state index contributed by atoms with van der Waals surface area (Å²) >= 11 is 0. The van der Waals surface area contributed by atoms with E-state index >= 15 is 0 Å². The van der Waals surface area contributed by atoms with Gasteiger partial charge in [-0.2, -0.15) is 0 Å². The quantitative estimate of drug-likeness (QED) is 0.167. The summed E-state index contributed by atoms with van der Waals surface area (Å²) in [5, 5.41) is 4.66. The van der Waals surface area contributed by atoms with Crippen LogP contribution in [0.3, 0.4) is 0 Å². The van der Waals surface area contributed by atoms with Gasteiger partial charge < -0.3 is 9.32 Å². The number of anilines is 3. The van der Waals surface area contributed by atoms with Crippen molar-refractivity contribution in [2.24, 2.45) is 0 Å². The Morgan fingerprint density at radius 3 is 1.95 bits per heavy atom. The Labute approximate surface area is 358 Å². The van der Waals surface area contributed by atoms with Crippen molar-refractivity contribution in [1.82, 2.24) is 0 Å². The van der Waals surface area contributed by atoms with Crippen molar-refractivity contribution >= 4 is 49.8 Å². The molecule has 1 aliphatic rings. The molecule has 0 bridgehead atoms. The summed E-state index contributed by atoms with van der Waals surface area (Å²) in [6.07, 6.45) is 0. The zero-order chi connectivity index (χ0) is 41.5. The molecule has 0 saturated heterocycles. The first-order valence-corrected chi connectivity index (χ1v) is 21.4. The predicted octanol–water partition coefficient (Wildman–Crippen LogP) is 16.8. The van der Waals surface area contributed by atoms with Crippen LogP contribution in [0.15, 0.2) is 199 Å². The Kier molecular flexibility index (Phi) is 8.44. The third kappa shape index (κ3) is 6.00. The number of nitrogens with zero attached hydrogens (tertiary/aromatic N) is 1. The molecule has 0 amide bonds. The second-order valence-electron chi connectivity index (χ2n) is 18.1. The number of fused-ring (bicyclic) bond motifs is 7. The zero-order valence-corrected chi connectivity index (χ0v) is 35.3. The second kappa shape index (κ2) is 14.0. The predicted molar refractivity (Wildman–Crippen MR) is 258 cm³/mol. The first-order chi connectivity index (χ1) is 29.6. The third-order valence-corrected chi connectivity index (χ3v) is 13.0. The molecule has 0 radical (unpaired) electrons. The van der Waals surface area contributed by atoms with Crippen LogP contribution in [0.25, 0.3) is 77.2 Å². The highest BCUT2D eigenvalue weighted by Crippen LogP contribution is 2.53. The van der Waals surface area contributed by atoms with Crippen molar-refractivity contribution in [1.29, 1.82) is 0 Å². The van der Waals surface area contributed by atoms with E-state index in [1.165, 1.54) is 55.3 Å². The smallest absolute Gasteiger partial charge is 0.143 e. The Hall–Kier alpha value is -7.16. The van der Waals surface area contributed by atoms with Crippen LogP contribution in [0.4, 0.5) is 17.1 Å². The molecule has 0 aliphatic heterocycles. The van der Waals surface area contributed by atoms with Gasteiger partial charge >= 0.3 is 0 Å². The van der Waals surface area contributed by atoms with E-state index in [-0.39, 0.29) is 10.8 Å². The summed E-state index contributed by atoms with van der Waals surface area (Å²) < 4.78 is 6.59. The van der Waals surface area contributed by atoms with Gasteiger partial charge in [0.15, 0.2) is 0 Å². The summed E-state index contributed by atoms with van der Waals surface area (Å²) in [5.41, 5.74) is 18.6. The molecular formula is C59H47NO. The molecule has 0 N–H and O–H groups in total. The van der Waals surface area contributed by atoms with Crippen LogP contribution in [0.2, 0.25) is 0 Å². The molecule has 10 aromatic rings. The maximum atomic E-state index is 6.59. The molecule has 2 nitrogen and oxygen atoms in total. The molecule has 0 unspecified atom stereocenters. The van der Waals surface area contributed by atoms with Crippen molar-refractivity contribution in [3.05, 3.63) is 211 Å². The molecule has 294 valence electrons. The van der Waals surface area contributed by atoms with E-state index in [0.29, 0.717) is 0 Å². The molecule has 0 spiro atoms.